The van der Waals surface area contributed by atoms with E-state index in [4.69, 9.17) is 5.73 Å². The van der Waals surface area contributed by atoms with Gasteiger partial charge in [0.15, 0.2) is 0 Å². The van der Waals surface area contributed by atoms with Gasteiger partial charge in [0.25, 0.3) is 0 Å². The summed E-state index contributed by atoms with van der Waals surface area (Å²) in [5.41, 5.74) is 6.69. The van der Waals surface area contributed by atoms with Gasteiger partial charge in [-0.05, 0) is 64.1 Å². The molecule has 21 heavy (non-hydrogen) atoms. The fraction of sp³-hybridized carbons (Fsp3) is 1.00. The van der Waals surface area contributed by atoms with Gasteiger partial charge in [0.05, 0.1) is 0 Å². The number of likely N-dealkylation sites (tertiary alicyclic amines) is 1. The number of rotatable bonds is 4. The summed E-state index contributed by atoms with van der Waals surface area (Å²) in [7, 11) is 0. The van der Waals surface area contributed by atoms with Gasteiger partial charge in [-0.1, -0.05) is 26.2 Å². The Bertz CT molecular complexity index is 332. The molecule has 3 aliphatic heterocycles. The predicted molar refractivity (Wildman–Crippen MR) is 89.4 cm³/mol. The first kappa shape index (κ1) is 15.8. The molecule has 0 bridgehead atoms. The lowest BCUT2D eigenvalue weighted by Gasteiger charge is -2.47. The maximum Gasteiger partial charge on any atom is 0.0498 e. The van der Waals surface area contributed by atoms with Gasteiger partial charge in [0.2, 0.25) is 0 Å². The Kier molecular flexibility index (Phi) is 5.23. The fourth-order valence-electron chi connectivity index (χ4n) is 5.41. The third kappa shape index (κ3) is 3.02. The summed E-state index contributed by atoms with van der Waals surface area (Å²) in [5, 5.41) is 0. The van der Waals surface area contributed by atoms with Gasteiger partial charge >= 0.3 is 0 Å². The van der Waals surface area contributed by atoms with Crippen LogP contribution in [-0.4, -0.2) is 54.1 Å². The molecular weight excluding hydrogens is 258 g/mol. The molecule has 3 heteroatoms. The Morgan fingerprint density at radius 1 is 1.00 bits per heavy atom. The van der Waals surface area contributed by atoms with Crippen LogP contribution in [0.4, 0.5) is 0 Å². The molecule has 0 aromatic rings. The van der Waals surface area contributed by atoms with Crippen molar-refractivity contribution in [2.24, 2.45) is 11.7 Å². The van der Waals surface area contributed by atoms with Crippen LogP contribution in [-0.2, 0) is 0 Å². The van der Waals surface area contributed by atoms with Gasteiger partial charge in [-0.25, -0.2) is 0 Å². The lowest BCUT2D eigenvalue weighted by Crippen LogP contribution is -2.62. The topological polar surface area (TPSA) is 32.5 Å². The van der Waals surface area contributed by atoms with Gasteiger partial charge in [0, 0.05) is 24.7 Å². The van der Waals surface area contributed by atoms with Gasteiger partial charge in [-0.3, -0.25) is 9.80 Å². The number of hydrogen-bond acceptors (Lipinski definition) is 3. The van der Waals surface area contributed by atoms with E-state index in [2.05, 4.69) is 16.7 Å². The van der Waals surface area contributed by atoms with E-state index in [1.54, 1.807) is 0 Å². The highest BCUT2D eigenvalue weighted by Gasteiger charge is 2.50. The van der Waals surface area contributed by atoms with Gasteiger partial charge in [-0.2, -0.15) is 0 Å². The summed E-state index contributed by atoms with van der Waals surface area (Å²) in [6, 6.07) is 0.749. The number of fused-ring (bicyclic) bond motifs is 1. The molecule has 3 rings (SSSR count). The van der Waals surface area contributed by atoms with Crippen LogP contribution in [0.2, 0.25) is 0 Å². The molecule has 0 saturated carbocycles. The molecule has 3 unspecified atom stereocenters. The molecule has 3 heterocycles. The maximum atomic E-state index is 6.38. The van der Waals surface area contributed by atoms with Crippen molar-refractivity contribution in [3.8, 4) is 0 Å². The van der Waals surface area contributed by atoms with Crippen LogP contribution in [0.5, 0.6) is 0 Å². The van der Waals surface area contributed by atoms with Crippen molar-refractivity contribution in [2.45, 2.75) is 76.3 Å². The summed E-state index contributed by atoms with van der Waals surface area (Å²) < 4.78 is 0. The van der Waals surface area contributed by atoms with E-state index in [0.717, 1.165) is 18.5 Å². The quantitative estimate of drug-likeness (QED) is 0.865. The number of piperidine rings is 1. The van der Waals surface area contributed by atoms with Crippen LogP contribution in [0, 0.1) is 5.92 Å². The van der Waals surface area contributed by atoms with Gasteiger partial charge in [0.1, 0.15) is 0 Å². The van der Waals surface area contributed by atoms with Crippen molar-refractivity contribution in [3.63, 3.8) is 0 Å². The third-order valence-electron chi connectivity index (χ3n) is 6.59. The Morgan fingerprint density at radius 3 is 2.71 bits per heavy atom. The lowest BCUT2D eigenvalue weighted by atomic mass is 9.83. The van der Waals surface area contributed by atoms with E-state index in [1.807, 2.05) is 0 Å². The van der Waals surface area contributed by atoms with Crippen molar-refractivity contribution in [1.82, 2.24) is 9.80 Å². The van der Waals surface area contributed by atoms with Crippen LogP contribution in [0.1, 0.15) is 64.7 Å². The Balaban J connectivity index is 1.70. The molecule has 2 N–H and O–H groups in total. The first-order chi connectivity index (χ1) is 10.3. The minimum Gasteiger partial charge on any atom is -0.329 e. The Labute approximate surface area is 131 Å². The van der Waals surface area contributed by atoms with Crippen LogP contribution < -0.4 is 5.73 Å². The van der Waals surface area contributed by atoms with Crippen LogP contribution >= 0.6 is 0 Å². The fourth-order valence-corrected chi connectivity index (χ4v) is 5.41. The molecule has 0 amide bonds. The van der Waals surface area contributed by atoms with Crippen molar-refractivity contribution in [3.05, 3.63) is 0 Å². The average molecular weight is 293 g/mol. The third-order valence-corrected chi connectivity index (χ3v) is 6.59. The first-order valence-electron chi connectivity index (χ1n) is 9.49. The molecule has 0 radical (unpaired) electrons. The smallest absolute Gasteiger partial charge is 0.0498 e. The van der Waals surface area contributed by atoms with E-state index in [9.17, 15) is 0 Å². The molecule has 122 valence electrons. The highest BCUT2D eigenvalue weighted by Crippen LogP contribution is 2.40. The minimum absolute atomic E-state index is 0.307. The minimum atomic E-state index is 0.307. The summed E-state index contributed by atoms with van der Waals surface area (Å²) in [4.78, 5) is 5.59. The van der Waals surface area contributed by atoms with E-state index < -0.39 is 0 Å². The lowest BCUT2D eigenvalue weighted by molar-refractivity contribution is 0.0389. The molecule has 3 fully saturated rings. The zero-order chi connectivity index (χ0) is 14.7. The summed E-state index contributed by atoms with van der Waals surface area (Å²) in [6.45, 7) is 8.40. The van der Waals surface area contributed by atoms with Gasteiger partial charge in [-0.15, -0.1) is 0 Å². The Hall–Kier alpha value is -0.120. The zero-order valence-corrected chi connectivity index (χ0v) is 14.0. The second kappa shape index (κ2) is 6.97. The Morgan fingerprint density at radius 2 is 1.90 bits per heavy atom. The molecule has 0 spiro atoms. The van der Waals surface area contributed by atoms with Gasteiger partial charge < -0.3 is 5.73 Å². The normalized spacial score (nSPS) is 39.1. The van der Waals surface area contributed by atoms with Crippen LogP contribution in [0.3, 0.4) is 0 Å². The van der Waals surface area contributed by atoms with Crippen molar-refractivity contribution < 1.29 is 0 Å². The predicted octanol–water partition coefficient (Wildman–Crippen LogP) is 2.84. The summed E-state index contributed by atoms with van der Waals surface area (Å²) in [5.74, 6) is 0.971. The van der Waals surface area contributed by atoms with E-state index in [1.165, 1.54) is 84.0 Å². The largest absolute Gasteiger partial charge is 0.329 e. The second-order valence-electron chi connectivity index (χ2n) is 7.68. The SMILES string of the molecule is CCCC1CCCN(C2(CN)CCN3CCCCC32)CC1. The molecule has 0 aromatic carbocycles. The molecule has 0 aromatic heterocycles. The van der Waals surface area contributed by atoms with Crippen LogP contribution in [0.25, 0.3) is 0 Å². The van der Waals surface area contributed by atoms with E-state index >= 15 is 0 Å². The van der Waals surface area contributed by atoms with Crippen molar-refractivity contribution in [1.29, 1.82) is 0 Å². The van der Waals surface area contributed by atoms with E-state index in [0.29, 0.717) is 5.54 Å². The molecular formula is C18H35N3. The molecule has 0 aliphatic carbocycles. The average Bonchev–Trinajstić information content (AvgIpc) is 2.74. The van der Waals surface area contributed by atoms with Crippen molar-refractivity contribution in [2.75, 3.05) is 32.7 Å². The molecule has 3 atom stereocenters. The second-order valence-corrected chi connectivity index (χ2v) is 7.68. The zero-order valence-electron chi connectivity index (χ0n) is 14.0. The number of hydrogen-bond donors (Lipinski definition) is 1. The van der Waals surface area contributed by atoms with Crippen LogP contribution in [0.15, 0.2) is 0 Å². The number of nitrogens with two attached hydrogens (primary N) is 1. The molecule has 3 saturated heterocycles. The maximum absolute atomic E-state index is 6.38. The number of nitrogens with zero attached hydrogens (tertiary/aromatic N) is 2. The highest BCUT2D eigenvalue weighted by molar-refractivity contribution is 5.09. The van der Waals surface area contributed by atoms with Crippen molar-refractivity contribution >= 4 is 0 Å². The molecule has 3 aliphatic rings. The first-order valence-corrected chi connectivity index (χ1v) is 9.49. The summed E-state index contributed by atoms with van der Waals surface area (Å²) >= 11 is 0. The standard InChI is InChI=1S/C18H35N3/c1-2-6-16-7-5-12-21(13-9-16)18(15-19)10-14-20-11-4-3-8-17(18)20/h16-17H,2-15,19H2,1H3. The van der Waals surface area contributed by atoms with E-state index in [-0.39, 0.29) is 0 Å². The molecule has 3 nitrogen and oxygen atoms in total. The monoisotopic (exact) mass is 293 g/mol. The highest BCUT2D eigenvalue weighted by atomic mass is 15.3. The summed E-state index contributed by atoms with van der Waals surface area (Å²) in [6.07, 6.45) is 12.5.